The Morgan fingerprint density at radius 3 is 2.29 bits per heavy atom. The first kappa shape index (κ1) is 24.1. The lowest BCUT2D eigenvalue weighted by Crippen LogP contribution is -2.39. The lowest BCUT2D eigenvalue weighted by Gasteiger charge is -2.37. The van der Waals surface area contributed by atoms with Gasteiger partial charge in [-0.15, -0.1) is 0 Å². The molecule has 4 nitrogen and oxygen atoms in total. The number of alkyl halides is 3. The van der Waals surface area contributed by atoms with Crippen molar-refractivity contribution in [2.75, 3.05) is 13.1 Å². The highest BCUT2D eigenvalue weighted by Gasteiger charge is 2.35. The van der Waals surface area contributed by atoms with E-state index in [1.165, 1.54) is 6.07 Å². The van der Waals surface area contributed by atoms with Crippen LogP contribution in [0.3, 0.4) is 0 Å². The molecular formula is C26H23ClF3NO3. The van der Waals surface area contributed by atoms with Gasteiger partial charge in [-0.3, -0.25) is 9.69 Å². The zero-order valence-electron chi connectivity index (χ0n) is 18.1. The Bertz CT molecular complexity index is 1150. The highest BCUT2D eigenvalue weighted by atomic mass is 35.5. The van der Waals surface area contributed by atoms with Crippen molar-refractivity contribution in [2.45, 2.75) is 25.1 Å². The summed E-state index contributed by atoms with van der Waals surface area (Å²) in [4.78, 5) is 13.4. The molecule has 1 saturated heterocycles. The van der Waals surface area contributed by atoms with Crippen LogP contribution in [-0.2, 0) is 11.0 Å². The van der Waals surface area contributed by atoms with E-state index in [9.17, 15) is 23.1 Å². The summed E-state index contributed by atoms with van der Waals surface area (Å²) in [5.41, 5.74) is 0.250. The number of hydrogen-bond acceptors (Lipinski definition) is 3. The molecule has 3 aromatic rings. The number of piperidine rings is 1. The second-order valence-corrected chi connectivity index (χ2v) is 8.68. The first-order chi connectivity index (χ1) is 16.2. The van der Waals surface area contributed by atoms with E-state index in [0.29, 0.717) is 48.6 Å². The average Bonchev–Trinajstić information content (AvgIpc) is 2.81. The average molecular weight is 490 g/mol. The molecule has 1 aliphatic heterocycles. The number of aliphatic carboxylic acids is 1. The molecule has 4 rings (SSSR count). The summed E-state index contributed by atoms with van der Waals surface area (Å²) in [6.45, 7) is 0.829. The smallest absolute Gasteiger partial charge is 0.416 e. The fourth-order valence-electron chi connectivity index (χ4n) is 4.29. The van der Waals surface area contributed by atoms with Crippen LogP contribution < -0.4 is 4.74 Å². The van der Waals surface area contributed by atoms with Crippen LogP contribution in [0, 0.1) is 5.92 Å². The van der Waals surface area contributed by atoms with Gasteiger partial charge < -0.3 is 9.84 Å². The Kier molecular flexibility index (Phi) is 7.14. The van der Waals surface area contributed by atoms with Crippen molar-refractivity contribution in [2.24, 2.45) is 5.92 Å². The van der Waals surface area contributed by atoms with E-state index in [1.807, 2.05) is 41.3 Å². The number of halogens is 4. The van der Waals surface area contributed by atoms with Crippen LogP contribution >= 0.6 is 11.6 Å². The molecule has 0 aromatic heterocycles. The Morgan fingerprint density at radius 2 is 1.65 bits per heavy atom. The Balaban J connectivity index is 1.74. The van der Waals surface area contributed by atoms with E-state index in [4.69, 9.17) is 16.3 Å². The molecule has 1 unspecified atom stereocenters. The summed E-state index contributed by atoms with van der Waals surface area (Å²) >= 11 is 6.44. The van der Waals surface area contributed by atoms with Crippen molar-refractivity contribution in [1.29, 1.82) is 0 Å². The van der Waals surface area contributed by atoms with Gasteiger partial charge in [0.15, 0.2) is 0 Å². The maximum absolute atomic E-state index is 13.5. The summed E-state index contributed by atoms with van der Waals surface area (Å²) in [6.07, 6.45) is -3.70. The predicted octanol–water partition coefficient (Wildman–Crippen LogP) is 7.04. The molecule has 0 spiro atoms. The van der Waals surface area contributed by atoms with Gasteiger partial charge in [0.25, 0.3) is 0 Å². The van der Waals surface area contributed by atoms with Crippen LogP contribution in [0.4, 0.5) is 13.2 Å². The molecule has 1 atom stereocenters. The fourth-order valence-corrected chi connectivity index (χ4v) is 4.51. The van der Waals surface area contributed by atoms with Crippen molar-refractivity contribution in [3.63, 3.8) is 0 Å². The van der Waals surface area contributed by atoms with Gasteiger partial charge in [0.1, 0.15) is 11.5 Å². The number of rotatable bonds is 6. The van der Waals surface area contributed by atoms with Crippen LogP contribution in [0.15, 0.2) is 72.8 Å². The van der Waals surface area contributed by atoms with E-state index < -0.39 is 29.7 Å². The normalized spacial score (nSPS) is 16.2. The topological polar surface area (TPSA) is 49.8 Å². The van der Waals surface area contributed by atoms with Crippen LogP contribution in [-0.4, -0.2) is 29.1 Å². The minimum atomic E-state index is -4.52. The van der Waals surface area contributed by atoms with Gasteiger partial charge in [0.05, 0.1) is 17.5 Å². The molecule has 0 bridgehead atoms. The number of nitrogens with zero attached hydrogens (tertiary/aromatic N) is 1. The lowest BCUT2D eigenvalue weighted by atomic mass is 9.90. The number of likely N-dealkylation sites (tertiary alicyclic amines) is 1. The lowest BCUT2D eigenvalue weighted by molar-refractivity contribution is -0.143. The van der Waals surface area contributed by atoms with Crippen molar-refractivity contribution in [3.05, 3.63) is 94.5 Å². The molecule has 0 radical (unpaired) electrons. The van der Waals surface area contributed by atoms with Gasteiger partial charge in [-0.25, -0.2) is 0 Å². The summed E-state index contributed by atoms with van der Waals surface area (Å²) in [5.74, 6) is -0.152. The standard InChI is InChI=1S/C26H23ClF3NO3/c27-23-10-9-19(26(28,29)30)16-22(23)24(31-13-11-17(12-14-31)25(32)33)18-5-4-8-21(15-18)34-20-6-2-1-3-7-20/h1-10,15-17,24H,11-14H2,(H,32,33). The molecule has 34 heavy (non-hydrogen) atoms. The second-order valence-electron chi connectivity index (χ2n) is 8.27. The van der Waals surface area contributed by atoms with Crippen LogP contribution in [0.25, 0.3) is 0 Å². The van der Waals surface area contributed by atoms with E-state index in [0.717, 1.165) is 12.1 Å². The monoisotopic (exact) mass is 489 g/mol. The number of ether oxygens (including phenoxy) is 1. The van der Waals surface area contributed by atoms with Crippen LogP contribution in [0.5, 0.6) is 11.5 Å². The molecule has 1 N–H and O–H groups in total. The second kappa shape index (κ2) is 10.1. The number of benzene rings is 3. The molecule has 1 fully saturated rings. The number of carbonyl (C=O) groups is 1. The van der Waals surface area contributed by atoms with Gasteiger partial charge >= 0.3 is 12.1 Å². The number of carboxylic acids is 1. The molecule has 0 saturated carbocycles. The minimum absolute atomic E-state index is 0.215. The largest absolute Gasteiger partial charge is 0.481 e. The van der Waals surface area contributed by atoms with Crippen molar-refractivity contribution < 1.29 is 27.8 Å². The molecule has 8 heteroatoms. The molecule has 1 aliphatic rings. The quantitative estimate of drug-likeness (QED) is 0.403. The summed E-state index contributed by atoms with van der Waals surface area (Å²) in [5, 5.41) is 9.58. The molecule has 0 amide bonds. The zero-order valence-corrected chi connectivity index (χ0v) is 18.9. The van der Waals surface area contributed by atoms with E-state index in [-0.39, 0.29) is 5.02 Å². The summed E-state index contributed by atoms with van der Waals surface area (Å²) in [7, 11) is 0. The van der Waals surface area contributed by atoms with E-state index >= 15 is 0 Å². The molecule has 0 aliphatic carbocycles. The fraction of sp³-hybridized carbons (Fsp3) is 0.269. The third kappa shape index (κ3) is 5.54. The summed E-state index contributed by atoms with van der Waals surface area (Å²) < 4.78 is 46.5. The predicted molar refractivity (Wildman–Crippen MR) is 123 cm³/mol. The first-order valence-electron chi connectivity index (χ1n) is 10.9. The van der Waals surface area contributed by atoms with Gasteiger partial charge in [0, 0.05) is 5.02 Å². The van der Waals surface area contributed by atoms with Crippen molar-refractivity contribution in [1.82, 2.24) is 4.90 Å². The van der Waals surface area contributed by atoms with Crippen molar-refractivity contribution >= 4 is 17.6 Å². The Morgan fingerprint density at radius 1 is 0.971 bits per heavy atom. The van der Waals surface area contributed by atoms with Gasteiger partial charge in [-0.1, -0.05) is 41.9 Å². The SMILES string of the molecule is O=C(O)C1CCN(C(c2cccc(Oc3ccccc3)c2)c2cc(C(F)(F)F)ccc2Cl)CC1. The van der Waals surface area contributed by atoms with E-state index in [2.05, 4.69) is 0 Å². The zero-order chi connectivity index (χ0) is 24.3. The highest BCUT2D eigenvalue weighted by Crippen LogP contribution is 2.40. The summed E-state index contributed by atoms with van der Waals surface area (Å²) in [6, 6.07) is 19.1. The van der Waals surface area contributed by atoms with Crippen molar-refractivity contribution in [3.8, 4) is 11.5 Å². The van der Waals surface area contributed by atoms with Gasteiger partial charge in [-0.05, 0) is 79.5 Å². The maximum Gasteiger partial charge on any atom is 0.416 e. The number of hydrogen-bond donors (Lipinski definition) is 1. The maximum atomic E-state index is 13.5. The number of para-hydroxylation sites is 1. The molecule has 178 valence electrons. The van der Waals surface area contributed by atoms with Gasteiger partial charge in [0.2, 0.25) is 0 Å². The van der Waals surface area contributed by atoms with E-state index in [1.54, 1.807) is 18.2 Å². The third-order valence-corrected chi connectivity index (χ3v) is 6.36. The first-order valence-corrected chi connectivity index (χ1v) is 11.3. The molecule has 3 aromatic carbocycles. The molecular weight excluding hydrogens is 467 g/mol. The van der Waals surface area contributed by atoms with Crippen LogP contribution in [0.1, 0.15) is 35.6 Å². The highest BCUT2D eigenvalue weighted by molar-refractivity contribution is 6.31. The Labute approximate surface area is 200 Å². The minimum Gasteiger partial charge on any atom is -0.481 e. The van der Waals surface area contributed by atoms with Crippen LogP contribution in [0.2, 0.25) is 5.02 Å². The Hall–Kier alpha value is -3.03. The third-order valence-electron chi connectivity index (χ3n) is 6.01. The molecule has 1 heterocycles. The number of carboxylic acid groups (broad SMARTS) is 1. The van der Waals surface area contributed by atoms with Gasteiger partial charge in [-0.2, -0.15) is 13.2 Å².